The number of para-hydroxylation sites is 1. The number of hydrogen-bond donors (Lipinski definition) is 0. The standard InChI is InChI=1S/C28H29FN2O3S/c1-19-6-2-3-7-21(19)28(33)30(16-20-10-11-20)17-27(32)31-14-12-26-22(13-15-35-26)24(31)18-34-25-9-5-4-8-23(25)29/h2-9,13,15,20,24H,10-12,14,16-18H2,1H3/t24-/m0/s1. The van der Waals surface area contributed by atoms with Crippen LogP contribution in [0.1, 0.15) is 45.2 Å². The van der Waals surface area contributed by atoms with Crippen molar-refractivity contribution in [2.75, 3.05) is 26.2 Å². The van der Waals surface area contributed by atoms with Crippen LogP contribution in [0.4, 0.5) is 4.39 Å². The molecular formula is C28H29FN2O3S. The van der Waals surface area contributed by atoms with Crippen molar-refractivity contribution in [3.8, 4) is 5.75 Å². The van der Waals surface area contributed by atoms with Gasteiger partial charge in [-0.3, -0.25) is 9.59 Å². The Balaban J connectivity index is 1.36. The minimum Gasteiger partial charge on any atom is -0.488 e. The number of aryl methyl sites for hydroxylation is 1. The fourth-order valence-electron chi connectivity index (χ4n) is 4.67. The highest BCUT2D eigenvalue weighted by atomic mass is 32.1. The van der Waals surface area contributed by atoms with E-state index in [-0.39, 0.29) is 36.8 Å². The molecule has 7 heteroatoms. The molecule has 3 aromatic rings. The molecule has 1 atom stereocenters. The van der Waals surface area contributed by atoms with Gasteiger partial charge in [0, 0.05) is 23.5 Å². The average molecular weight is 493 g/mol. The minimum absolute atomic E-state index is 0.0271. The Morgan fingerprint density at radius 2 is 1.89 bits per heavy atom. The number of amides is 2. The molecule has 1 aliphatic heterocycles. The Labute approximate surface area is 209 Å². The van der Waals surface area contributed by atoms with Crippen molar-refractivity contribution >= 4 is 23.2 Å². The molecule has 0 N–H and O–H groups in total. The molecule has 2 aliphatic rings. The van der Waals surface area contributed by atoms with Crippen molar-refractivity contribution in [1.29, 1.82) is 0 Å². The third-order valence-electron chi connectivity index (χ3n) is 6.81. The zero-order valence-corrected chi connectivity index (χ0v) is 20.6. The number of hydrogen-bond acceptors (Lipinski definition) is 4. The third kappa shape index (κ3) is 5.25. The quantitative estimate of drug-likeness (QED) is 0.431. The van der Waals surface area contributed by atoms with Crippen LogP contribution >= 0.6 is 11.3 Å². The van der Waals surface area contributed by atoms with Gasteiger partial charge in [0.1, 0.15) is 13.2 Å². The summed E-state index contributed by atoms with van der Waals surface area (Å²) in [4.78, 5) is 31.8. The molecule has 0 spiro atoms. The lowest BCUT2D eigenvalue weighted by Gasteiger charge is -2.37. The molecule has 0 unspecified atom stereocenters. The van der Waals surface area contributed by atoms with Gasteiger partial charge < -0.3 is 14.5 Å². The lowest BCUT2D eigenvalue weighted by molar-refractivity contribution is -0.135. The van der Waals surface area contributed by atoms with Crippen molar-refractivity contribution < 1.29 is 18.7 Å². The van der Waals surface area contributed by atoms with Crippen LogP contribution in [-0.2, 0) is 11.2 Å². The summed E-state index contributed by atoms with van der Waals surface area (Å²) in [5.41, 5.74) is 2.59. The Kier molecular flexibility index (Phi) is 6.86. The fraction of sp³-hybridized carbons (Fsp3) is 0.357. The highest BCUT2D eigenvalue weighted by Crippen LogP contribution is 2.35. The molecule has 0 radical (unpaired) electrons. The number of ether oxygens (including phenoxy) is 1. The molecule has 2 amide bonds. The highest BCUT2D eigenvalue weighted by molar-refractivity contribution is 7.10. The van der Waals surface area contributed by atoms with Gasteiger partial charge in [0.05, 0.1) is 6.04 Å². The number of nitrogens with zero attached hydrogens (tertiary/aromatic N) is 2. The van der Waals surface area contributed by atoms with Gasteiger partial charge >= 0.3 is 0 Å². The van der Waals surface area contributed by atoms with E-state index in [0.717, 1.165) is 30.4 Å². The molecule has 1 aromatic heterocycles. The molecule has 5 rings (SSSR count). The molecule has 5 nitrogen and oxygen atoms in total. The second-order valence-corrected chi connectivity index (χ2v) is 10.3. The van der Waals surface area contributed by atoms with Crippen LogP contribution in [0.2, 0.25) is 0 Å². The molecule has 1 saturated carbocycles. The maximum atomic E-state index is 14.2. The number of thiophene rings is 1. The van der Waals surface area contributed by atoms with E-state index in [9.17, 15) is 14.0 Å². The van der Waals surface area contributed by atoms with E-state index in [1.807, 2.05) is 42.6 Å². The van der Waals surface area contributed by atoms with Gasteiger partial charge in [0.25, 0.3) is 5.91 Å². The van der Waals surface area contributed by atoms with Gasteiger partial charge in [0.2, 0.25) is 5.91 Å². The van der Waals surface area contributed by atoms with Gasteiger partial charge in [0.15, 0.2) is 11.6 Å². The fourth-order valence-corrected chi connectivity index (χ4v) is 5.60. The van der Waals surface area contributed by atoms with Crippen molar-refractivity contribution in [2.45, 2.75) is 32.2 Å². The van der Waals surface area contributed by atoms with Crippen molar-refractivity contribution in [1.82, 2.24) is 9.80 Å². The third-order valence-corrected chi connectivity index (χ3v) is 7.81. The number of halogens is 1. The largest absolute Gasteiger partial charge is 0.488 e. The Morgan fingerprint density at radius 3 is 2.66 bits per heavy atom. The first-order valence-corrected chi connectivity index (χ1v) is 13.0. The van der Waals surface area contributed by atoms with E-state index in [0.29, 0.717) is 24.6 Å². The smallest absolute Gasteiger partial charge is 0.254 e. The number of carbonyl (C=O) groups excluding carboxylic acids is 2. The number of rotatable bonds is 8. The molecule has 1 aliphatic carbocycles. The monoisotopic (exact) mass is 492 g/mol. The van der Waals surface area contributed by atoms with E-state index in [2.05, 4.69) is 0 Å². The van der Waals surface area contributed by atoms with Gasteiger partial charge in [-0.05, 0) is 72.9 Å². The molecular weight excluding hydrogens is 463 g/mol. The highest BCUT2D eigenvalue weighted by Gasteiger charge is 2.35. The van der Waals surface area contributed by atoms with Gasteiger partial charge in [-0.25, -0.2) is 4.39 Å². The molecule has 35 heavy (non-hydrogen) atoms. The second-order valence-electron chi connectivity index (χ2n) is 9.34. The van der Waals surface area contributed by atoms with Crippen LogP contribution in [0, 0.1) is 18.7 Å². The SMILES string of the molecule is Cc1ccccc1C(=O)N(CC(=O)N1CCc2sccc2[C@@H]1COc1ccccc1F)CC1CC1. The van der Waals surface area contributed by atoms with Crippen molar-refractivity contribution in [2.24, 2.45) is 5.92 Å². The molecule has 0 bridgehead atoms. The lowest BCUT2D eigenvalue weighted by atomic mass is 10.00. The minimum atomic E-state index is -0.425. The first-order valence-electron chi connectivity index (χ1n) is 12.1. The van der Waals surface area contributed by atoms with Crippen molar-refractivity contribution in [3.63, 3.8) is 0 Å². The zero-order chi connectivity index (χ0) is 24.4. The van der Waals surface area contributed by atoms with E-state index >= 15 is 0 Å². The predicted octanol–water partition coefficient (Wildman–Crippen LogP) is 5.25. The predicted molar refractivity (Wildman–Crippen MR) is 134 cm³/mol. The summed E-state index contributed by atoms with van der Waals surface area (Å²) in [7, 11) is 0. The summed E-state index contributed by atoms with van der Waals surface area (Å²) in [5, 5.41) is 2.02. The molecule has 182 valence electrons. The van der Waals surface area contributed by atoms with Crippen LogP contribution in [0.25, 0.3) is 0 Å². The summed E-state index contributed by atoms with van der Waals surface area (Å²) in [6.45, 7) is 3.24. The summed E-state index contributed by atoms with van der Waals surface area (Å²) >= 11 is 1.67. The first-order chi connectivity index (χ1) is 17.0. The average Bonchev–Trinajstić information content (AvgIpc) is 3.55. The number of benzene rings is 2. The van der Waals surface area contributed by atoms with E-state index in [4.69, 9.17) is 4.74 Å². The maximum absolute atomic E-state index is 14.2. The second kappa shape index (κ2) is 10.2. The number of fused-ring (bicyclic) bond motifs is 1. The maximum Gasteiger partial charge on any atom is 0.254 e. The van der Waals surface area contributed by atoms with Gasteiger partial charge in [-0.1, -0.05) is 30.3 Å². The van der Waals surface area contributed by atoms with Crippen LogP contribution in [0.15, 0.2) is 60.0 Å². The van der Waals surface area contributed by atoms with Gasteiger partial charge in [-0.15, -0.1) is 11.3 Å². The van der Waals surface area contributed by atoms with Crippen LogP contribution in [0.5, 0.6) is 5.75 Å². The van der Waals surface area contributed by atoms with Crippen LogP contribution in [-0.4, -0.2) is 47.9 Å². The van der Waals surface area contributed by atoms with Crippen LogP contribution in [0.3, 0.4) is 0 Å². The molecule has 1 fully saturated rings. The summed E-state index contributed by atoms with van der Waals surface area (Å²) < 4.78 is 20.0. The topological polar surface area (TPSA) is 49.9 Å². The normalized spacial score (nSPS) is 17.1. The Bertz CT molecular complexity index is 1220. The first kappa shape index (κ1) is 23.5. The van der Waals surface area contributed by atoms with Gasteiger partial charge in [-0.2, -0.15) is 0 Å². The van der Waals surface area contributed by atoms with E-state index in [1.165, 1.54) is 10.9 Å². The summed E-state index contributed by atoms with van der Waals surface area (Å²) in [5.74, 6) is 0.00148. The Morgan fingerprint density at radius 1 is 1.11 bits per heavy atom. The Hall–Kier alpha value is -3.19. The van der Waals surface area contributed by atoms with Crippen LogP contribution < -0.4 is 4.74 Å². The van der Waals surface area contributed by atoms with Crippen molar-refractivity contribution in [3.05, 3.63) is 87.4 Å². The summed E-state index contributed by atoms with van der Waals surface area (Å²) in [6.07, 6.45) is 2.95. The molecule has 2 heterocycles. The van der Waals surface area contributed by atoms with E-state index in [1.54, 1.807) is 39.3 Å². The lowest BCUT2D eigenvalue weighted by Crippen LogP contribution is -2.48. The summed E-state index contributed by atoms with van der Waals surface area (Å²) in [6, 6.07) is 15.5. The molecule has 0 saturated heterocycles. The molecule has 2 aromatic carbocycles. The zero-order valence-electron chi connectivity index (χ0n) is 19.8. The number of carbonyl (C=O) groups is 2. The van der Waals surface area contributed by atoms with E-state index < -0.39 is 5.82 Å².